The molecule has 98 valence electrons. The van der Waals surface area contributed by atoms with Crippen molar-refractivity contribution >= 4 is 15.8 Å². The molecule has 0 aliphatic heterocycles. The van der Waals surface area contributed by atoms with Gasteiger partial charge in [0, 0.05) is 6.20 Å². The van der Waals surface area contributed by atoms with Crippen molar-refractivity contribution in [2.24, 2.45) is 0 Å². The summed E-state index contributed by atoms with van der Waals surface area (Å²) in [5.41, 5.74) is 1.20. The highest BCUT2D eigenvalue weighted by molar-refractivity contribution is 7.92. The molecule has 2 rings (SSSR count). The van der Waals surface area contributed by atoms with E-state index in [1.165, 1.54) is 18.3 Å². The Kier molecular flexibility index (Phi) is 3.23. The quantitative estimate of drug-likeness (QED) is 0.872. The van der Waals surface area contributed by atoms with E-state index in [9.17, 15) is 8.42 Å². The van der Waals surface area contributed by atoms with Crippen molar-refractivity contribution in [3.05, 3.63) is 35.3 Å². The molecule has 0 atom stereocenters. The van der Waals surface area contributed by atoms with Crippen LogP contribution in [0.4, 0.5) is 5.82 Å². The molecule has 0 amide bonds. The van der Waals surface area contributed by atoms with Crippen LogP contribution >= 0.6 is 0 Å². The number of H-pyrrole nitrogens is 1. The van der Waals surface area contributed by atoms with Gasteiger partial charge in [-0.1, -0.05) is 0 Å². The van der Waals surface area contributed by atoms with Gasteiger partial charge in [0.15, 0.2) is 0 Å². The average molecular weight is 277 g/mol. The molecule has 2 N–H and O–H groups in total. The van der Waals surface area contributed by atoms with Crippen molar-refractivity contribution in [1.82, 2.24) is 15.2 Å². The topological polar surface area (TPSA) is 112 Å². The van der Waals surface area contributed by atoms with Crippen LogP contribution in [0.2, 0.25) is 0 Å². The third-order valence-electron chi connectivity index (χ3n) is 2.46. The van der Waals surface area contributed by atoms with Crippen molar-refractivity contribution in [1.29, 1.82) is 5.26 Å². The maximum Gasteiger partial charge on any atom is 0.266 e. The van der Waals surface area contributed by atoms with Gasteiger partial charge in [0.25, 0.3) is 10.0 Å². The summed E-state index contributed by atoms with van der Waals surface area (Å²) in [7, 11) is -3.74. The van der Waals surface area contributed by atoms with Gasteiger partial charge >= 0.3 is 0 Å². The van der Waals surface area contributed by atoms with E-state index in [0.29, 0.717) is 17.0 Å². The zero-order valence-corrected chi connectivity index (χ0v) is 11.1. The summed E-state index contributed by atoms with van der Waals surface area (Å²) < 4.78 is 26.7. The number of hydrogen-bond acceptors (Lipinski definition) is 5. The normalized spacial score (nSPS) is 11.0. The van der Waals surface area contributed by atoms with Crippen molar-refractivity contribution < 1.29 is 8.42 Å². The van der Waals surface area contributed by atoms with Crippen LogP contribution in [-0.4, -0.2) is 23.6 Å². The first-order valence-electron chi connectivity index (χ1n) is 5.34. The molecule has 0 saturated heterocycles. The standard InChI is InChI=1S/C11H11N5O2S/c1-7-11(8(2)15-14-7)19(17,18)16-10-4-3-9(5-12)6-13-10/h3-4,6H,1-2H3,(H,13,16)(H,14,15). The molecule has 0 radical (unpaired) electrons. The molecule has 2 aromatic rings. The zero-order valence-electron chi connectivity index (χ0n) is 10.3. The Balaban J connectivity index is 2.34. The maximum atomic E-state index is 12.2. The number of aromatic amines is 1. The molecule has 0 aliphatic rings. The SMILES string of the molecule is Cc1n[nH]c(C)c1S(=O)(=O)Nc1ccc(C#N)cn1. The summed E-state index contributed by atoms with van der Waals surface area (Å²) >= 11 is 0. The number of nitriles is 1. The Hall–Kier alpha value is -2.40. The van der Waals surface area contributed by atoms with E-state index in [1.807, 2.05) is 6.07 Å². The number of nitrogens with one attached hydrogen (secondary N) is 2. The van der Waals surface area contributed by atoms with E-state index in [1.54, 1.807) is 13.8 Å². The fraction of sp³-hybridized carbons (Fsp3) is 0.182. The number of hydrogen-bond donors (Lipinski definition) is 2. The zero-order chi connectivity index (χ0) is 14.0. The smallest absolute Gasteiger partial charge is 0.266 e. The predicted octanol–water partition coefficient (Wildman–Crippen LogP) is 1.09. The highest BCUT2D eigenvalue weighted by atomic mass is 32.2. The van der Waals surface area contributed by atoms with Gasteiger partial charge < -0.3 is 0 Å². The molecule has 19 heavy (non-hydrogen) atoms. The number of sulfonamides is 1. The van der Waals surface area contributed by atoms with Crippen LogP contribution < -0.4 is 4.72 Å². The van der Waals surface area contributed by atoms with Gasteiger partial charge in [-0.25, -0.2) is 13.4 Å². The van der Waals surface area contributed by atoms with Crippen LogP contribution in [0.5, 0.6) is 0 Å². The molecule has 7 nitrogen and oxygen atoms in total. The first-order valence-corrected chi connectivity index (χ1v) is 6.83. The van der Waals surface area contributed by atoms with Crippen LogP contribution in [-0.2, 0) is 10.0 Å². The first-order chi connectivity index (χ1) is 8.94. The monoisotopic (exact) mass is 277 g/mol. The minimum Gasteiger partial charge on any atom is -0.281 e. The van der Waals surface area contributed by atoms with Crippen molar-refractivity contribution in [2.45, 2.75) is 18.7 Å². The highest BCUT2D eigenvalue weighted by Gasteiger charge is 2.22. The molecular formula is C11H11N5O2S. The van der Waals surface area contributed by atoms with E-state index < -0.39 is 10.0 Å². The lowest BCUT2D eigenvalue weighted by Gasteiger charge is -2.07. The Morgan fingerprint density at radius 1 is 1.37 bits per heavy atom. The van der Waals surface area contributed by atoms with Crippen LogP contribution in [0.3, 0.4) is 0 Å². The number of aryl methyl sites for hydroxylation is 2. The Labute approximate surface area is 110 Å². The molecule has 0 fully saturated rings. The second kappa shape index (κ2) is 4.70. The Morgan fingerprint density at radius 3 is 2.58 bits per heavy atom. The number of nitrogens with zero attached hydrogens (tertiary/aromatic N) is 3. The molecule has 0 unspecified atom stereocenters. The second-order valence-corrected chi connectivity index (χ2v) is 5.53. The van der Waals surface area contributed by atoms with Crippen molar-refractivity contribution in [3.63, 3.8) is 0 Å². The summed E-state index contributed by atoms with van der Waals surface area (Å²) in [6.45, 7) is 3.23. The Bertz CT molecular complexity index is 721. The minimum atomic E-state index is -3.74. The third kappa shape index (κ3) is 2.56. The molecule has 2 heterocycles. The van der Waals surface area contributed by atoms with Crippen molar-refractivity contribution in [3.8, 4) is 6.07 Å². The average Bonchev–Trinajstić information content (AvgIpc) is 2.70. The van der Waals surface area contributed by atoms with Gasteiger partial charge in [0.2, 0.25) is 0 Å². The Morgan fingerprint density at radius 2 is 2.11 bits per heavy atom. The lowest BCUT2D eigenvalue weighted by atomic mass is 10.3. The van der Waals surface area contributed by atoms with Gasteiger partial charge in [-0.05, 0) is 26.0 Å². The van der Waals surface area contributed by atoms with Gasteiger partial charge in [-0.15, -0.1) is 0 Å². The lowest BCUT2D eigenvalue weighted by Crippen LogP contribution is -2.15. The number of rotatable bonds is 3. The van der Waals surface area contributed by atoms with E-state index in [2.05, 4.69) is 19.9 Å². The summed E-state index contributed by atoms with van der Waals surface area (Å²) in [6, 6.07) is 4.83. The van der Waals surface area contributed by atoms with Gasteiger partial charge in [0.05, 0.1) is 17.0 Å². The maximum absolute atomic E-state index is 12.2. The molecule has 0 spiro atoms. The van der Waals surface area contributed by atoms with E-state index in [-0.39, 0.29) is 10.7 Å². The van der Waals surface area contributed by atoms with Gasteiger partial charge in [-0.3, -0.25) is 9.82 Å². The first kappa shape index (κ1) is 13.0. The highest BCUT2D eigenvalue weighted by Crippen LogP contribution is 2.19. The van der Waals surface area contributed by atoms with Crippen LogP contribution in [0.25, 0.3) is 0 Å². The van der Waals surface area contributed by atoms with Gasteiger partial charge in [-0.2, -0.15) is 10.4 Å². The summed E-state index contributed by atoms with van der Waals surface area (Å²) in [5.74, 6) is 0.152. The molecule has 8 heteroatoms. The molecule has 0 aliphatic carbocycles. The largest absolute Gasteiger partial charge is 0.281 e. The second-order valence-electron chi connectivity index (χ2n) is 3.91. The molecule has 0 aromatic carbocycles. The summed E-state index contributed by atoms with van der Waals surface area (Å²) in [5, 5.41) is 15.1. The molecule has 0 bridgehead atoms. The summed E-state index contributed by atoms with van der Waals surface area (Å²) in [6.07, 6.45) is 1.30. The van der Waals surface area contributed by atoms with E-state index in [4.69, 9.17) is 5.26 Å². The molecule has 0 saturated carbocycles. The molecule has 2 aromatic heterocycles. The number of anilines is 1. The van der Waals surface area contributed by atoms with Gasteiger partial charge in [0.1, 0.15) is 16.8 Å². The lowest BCUT2D eigenvalue weighted by molar-refractivity contribution is 0.600. The summed E-state index contributed by atoms with van der Waals surface area (Å²) in [4.78, 5) is 3.97. The van der Waals surface area contributed by atoms with Crippen molar-refractivity contribution in [2.75, 3.05) is 4.72 Å². The number of pyridine rings is 1. The predicted molar refractivity (Wildman–Crippen MR) is 67.8 cm³/mol. The van der Waals surface area contributed by atoms with E-state index >= 15 is 0 Å². The van der Waals surface area contributed by atoms with Crippen LogP contribution in [0.15, 0.2) is 23.2 Å². The van der Waals surface area contributed by atoms with Crippen LogP contribution in [0, 0.1) is 25.2 Å². The third-order valence-corrected chi connectivity index (χ3v) is 4.08. The minimum absolute atomic E-state index is 0.110. The molecular weight excluding hydrogens is 266 g/mol. The number of aromatic nitrogens is 3. The fourth-order valence-corrected chi connectivity index (χ4v) is 3.03. The fourth-order valence-electron chi connectivity index (χ4n) is 1.65. The van der Waals surface area contributed by atoms with E-state index in [0.717, 1.165) is 0 Å². The van der Waals surface area contributed by atoms with Crippen LogP contribution in [0.1, 0.15) is 17.0 Å².